The van der Waals surface area contributed by atoms with Gasteiger partial charge in [0.2, 0.25) is 5.91 Å². The highest BCUT2D eigenvalue weighted by molar-refractivity contribution is 5.83. The number of nitrogens with one attached hydrogen (secondary N) is 2. The smallest absolute Gasteiger partial charge is 0.242 e. The largest absolute Gasteiger partial charge is 0.508 e. The van der Waals surface area contributed by atoms with Crippen molar-refractivity contribution in [1.29, 1.82) is 0 Å². The molecule has 0 aliphatic carbocycles. The maximum atomic E-state index is 12.8. The monoisotopic (exact) mass is 348 g/mol. The molecule has 0 spiro atoms. The molecule has 26 heavy (non-hydrogen) atoms. The van der Waals surface area contributed by atoms with Gasteiger partial charge in [0, 0.05) is 37.9 Å². The van der Waals surface area contributed by atoms with Gasteiger partial charge in [0.05, 0.1) is 0 Å². The third-order valence-electron chi connectivity index (χ3n) is 3.94. The molecule has 6 nitrogen and oxygen atoms in total. The van der Waals surface area contributed by atoms with Crippen molar-refractivity contribution in [2.45, 2.75) is 19.1 Å². The number of phenolic OH excluding ortho intramolecular Hbond substituents is 1. The lowest BCUT2D eigenvalue weighted by atomic mass is 10.1. The van der Waals surface area contributed by atoms with Crippen molar-refractivity contribution in [1.82, 2.24) is 20.6 Å². The molecule has 0 saturated carbocycles. The third kappa shape index (κ3) is 4.87. The Bertz CT molecular complexity index is 823. The Hall–Kier alpha value is -3.25. The van der Waals surface area contributed by atoms with Gasteiger partial charge in [0.15, 0.2) is 0 Å². The van der Waals surface area contributed by atoms with Gasteiger partial charge in [0.1, 0.15) is 11.8 Å². The number of carbonyl (C=O) groups excluding carboxylic acids is 1. The van der Waals surface area contributed by atoms with E-state index in [1.165, 1.54) is 0 Å². The Morgan fingerprint density at radius 2 is 1.69 bits per heavy atom. The molecule has 3 N–H and O–H groups in total. The molecule has 0 fully saturated rings. The number of nitrogens with zero attached hydrogens (tertiary/aromatic N) is 2. The van der Waals surface area contributed by atoms with E-state index in [4.69, 9.17) is 0 Å². The summed E-state index contributed by atoms with van der Waals surface area (Å²) in [6, 6.07) is 13.6. The third-order valence-corrected chi connectivity index (χ3v) is 3.94. The summed E-state index contributed by atoms with van der Waals surface area (Å²) >= 11 is 0. The standard InChI is InChI=1S/C20H20N4O2/c25-18-5-3-17(4-6-18)19(23-14-16-2-1-9-22-12-16)20(26)24-13-15-7-10-21-11-8-15/h1-12,19,23,25H,13-14H2,(H,24,26). The molecule has 0 bridgehead atoms. The van der Waals surface area contributed by atoms with Crippen LogP contribution in [0.2, 0.25) is 0 Å². The maximum absolute atomic E-state index is 12.8. The first-order chi connectivity index (χ1) is 12.7. The molecular formula is C20H20N4O2. The van der Waals surface area contributed by atoms with Crippen LogP contribution in [0.1, 0.15) is 22.7 Å². The molecule has 1 unspecified atom stereocenters. The number of aromatic nitrogens is 2. The van der Waals surface area contributed by atoms with Crippen LogP contribution in [0, 0.1) is 0 Å². The molecule has 6 heteroatoms. The van der Waals surface area contributed by atoms with E-state index in [0.717, 1.165) is 16.7 Å². The molecule has 132 valence electrons. The van der Waals surface area contributed by atoms with Crippen molar-refractivity contribution >= 4 is 5.91 Å². The first kappa shape index (κ1) is 17.6. The molecule has 2 heterocycles. The van der Waals surface area contributed by atoms with Crippen LogP contribution in [0.15, 0.2) is 73.3 Å². The summed E-state index contributed by atoms with van der Waals surface area (Å²) in [6.07, 6.45) is 6.86. The van der Waals surface area contributed by atoms with Gasteiger partial charge in [-0.3, -0.25) is 20.1 Å². The fourth-order valence-corrected chi connectivity index (χ4v) is 2.54. The molecule has 0 aliphatic rings. The van der Waals surface area contributed by atoms with E-state index in [1.54, 1.807) is 49.1 Å². The van der Waals surface area contributed by atoms with Crippen molar-refractivity contribution in [2.75, 3.05) is 0 Å². The second-order valence-corrected chi connectivity index (χ2v) is 5.84. The zero-order valence-electron chi connectivity index (χ0n) is 14.2. The van der Waals surface area contributed by atoms with Crippen molar-refractivity contribution in [3.8, 4) is 5.75 Å². The predicted molar refractivity (Wildman–Crippen MR) is 98.0 cm³/mol. The van der Waals surface area contributed by atoms with E-state index in [9.17, 15) is 9.90 Å². The van der Waals surface area contributed by atoms with Crippen molar-refractivity contribution in [3.05, 3.63) is 90.0 Å². The normalized spacial score (nSPS) is 11.7. The van der Waals surface area contributed by atoms with Crippen LogP contribution in [0.25, 0.3) is 0 Å². The Balaban J connectivity index is 1.71. The van der Waals surface area contributed by atoms with Gasteiger partial charge in [-0.25, -0.2) is 0 Å². The predicted octanol–water partition coefficient (Wildman–Crippen LogP) is 2.33. The van der Waals surface area contributed by atoms with Crippen LogP contribution >= 0.6 is 0 Å². The lowest BCUT2D eigenvalue weighted by Gasteiger charge is -2.19. The number of rotatable bonds is 7. The van der Waals surface area contributed by atoms with Gasteiger partial charge in [-0.15, -0.1) is 0 Å². The summed E-state index contributed by atoms with van der Waals surface area (Å²) in [5.41, 5.74) is 2.74. The Labute approximate surface area is 152 Å². The van der Waals surface area contributed by atoms with Gasteiger partial charge < -0.3 is 10.4 Å². The summed E-state index contributed by atoms with van der Waals surface area (Å²) in [6.45, 7) is 0.923. The molecule has 1 atom stereocenters. The van der Waals surface area contributed by atoms with Crippen molar-refractivity contribution in [2.24, 2.45) is 0 Å². The molecule has 1 aromatic carbocycles. The fourth-order valence-electron chi connectivity index (χ4n) is 2.54. The number of carbonyl (C=O) groups is 1. The van der Waals surface area contributed by atoms with Crippen molar-refractivity contribution in [3.63, 3.8) is 0 Å². The van der Waals surface area contributed by atoms with E-state index in [0.29, 0.717) is 13.1 Å². The first-order valence-corrected chi connectivity index (χ1v) is 8.30. The van der Waals surface area contributed by atoms with Gasteiger partial charge >= 0.3 is 0 Å². The van der Waals surface area contributed by atoms with Gasteiger partial charge in [-0.05, 0) is 47.0 Å². The van der Waals surface area contributed by atoms with Gasteiger partial charge in [-0.1, -0.05) is 18.2 Å². The average Bonchev–Trinajstić information content (AvgIpc) is 2.69. The fraction of sp³-hybridized carbons (Fsp3) is 0.150. The van der Waals surface area contributed by atoms with E-state index >= 15 is 0 Å². The van der Waals surface area contributed by atoms with Crippen LogP contribution in [0.4, 0.5) is 0 Å². The highest BCUT2D eigenvalue weighted by Crippen LogP contribution is 2.18. The second-order valence-electron chi connectivity index (χ2n) is 5.84. The number of benzene rings is 1. The molecule has 2 aromatic heterocycles. The number of amides is 1. The van der Waals surface area contributed by atoms with E-state index in [1.807, 2.05) is 24.3 Å². The zero-order chi connectivity index (χ0) is 18.2. The number of hydrogen-bond donors (Lipinski definition) is 3. The topological polar surface area (TPSA) is 87.1 Å². The lowest BCUT2D eigenvalue weighted by Crippen LogP contribution is -2.37. The molecule has 0 radical (unpaired) electrons. The summed E-state index contributed by atoms with van der Waals surface area (Å²) in [7, 11) is 0. The minimum atomic E-state index is -0.544. The number of hydrogen-bond acceptors (Lipinski definition) is 5. The van der Waals surface area contributed by atoms with E-state index in [-0.39, 0.29) is 11.7 Å². The van der Waals surface area contributed by atoms with Crippen LogP contribution in [0.5, 0.6) is 5.75 Å². The quantitative estimate of drug-likeness (QED) is 0.610. The molecule has 3 rings (SSSR count). The van der Waals surface area contributed by atoms with Crippen LogP contribution in [0.3, 0.4) is 0 Å². The van der Waals surface area contributed by atoms with Gasteiger partial charge in [0.25, 0.3) is 0 Å². The summed E-state index contributed by atoms with van der Waals surface area (Å²) in [5, 5.41) is 15.7. The SMILES string of the molecule is O=C(NCc1ccncc1)C(NCc1cccnc1)c1ccc(O)cc1. The highest BCUT2D eigenvalue weighted by Gasteiger charge is 2.20. The Morgan fingerprint density at radius 1 is 0.923 bits per heavy atom. The zero-order valence-corrected chi connectivity index (χ0v) is 14.2. The van der Waals surface area contributed by atoms with Crippen molar-refractivity contribution < 1.29 is 9.90 Å². The lowest BCUT2D eigenvalue weighted by molar-refractivity contribution is -0.123. The number of phenols is 1. The van der Waals surface area contributed by atoms with E-state index in [2.05, 4.69) is 20.6 Å². The first-order valence-electron chi connectivity index (χ1n) is 8.30. The minimum Gasteiger partial charge on any atom is -0.508 e. The molecule has 3 aromatic rings. The maximum Gasteiger partial charge on any atom is 0.242 e. The Kier molecular flexibility index (Phi) is 5.90. The molecule has 0 aliphatic heterocycles. The van der Waals surface area contributed by atoms with Crippen LogP contribution < -0.4 is 10.6 Å². The molecule has 0 saturated heterocycles. The van der Waals surface area contributed by atoms with Crippen LogP contribution in [-0.4, -0.2) is 21.0 Å². The number of aromatic hydroxyl groups is 1. The van der Waals surface area contributed by atoms with E-state index < -0.39 is 6.04 Å². The molecule has 1 amide bonds. The number of pyridine rings is 2. The summed E-state index contributed by atoms with van der Waals surface area (Å²) in [4.78, 5) is 20.8. The Morgan fingerprint density at radius 3 is 2.38 bits per heavy atom. The van der Waals surface area contributed by atoms with Crippen LogP contribution in [-0.2, 0) is 17.9 Å². The highest BCUT2D eigenvalue weighted by atomic mass is 16.3. The molecular weight excluding hydrogens is 328 g/mol. The summed E-state index contributed by atoms with van der Waals surface area (Å²) < 4.78 is 0. The second kappa shape index (κ2) is 8.73. The van der Waals surface area contributed by atoms with Gasteiger partial charge in [-0.2, -0.15) is 0 Å². The summed E-state index contributed by atoms with van der Waals surface area (Å²) in [5.74, 6) is 0.0216. The average molecular weight is 348 g/mol. The minimum absolute atomic E-state index is 0.142.